The smallest absolute Gasteiger partial charge is 0.249 e. The number of hydrogen-bond acceptors (Lipinski definition) is 10. The number of nitrogens with one attached hydrogen (secondary N) is 1. The van der Waals surface area contributed by atoms with Gasteiger partial charge >= 0.3 is 0 Å². The van der Waals surface area contributed by atoms with Crippen LogP contribution in [0.4, 0.5) is 0 Å². The summed E-state index contributed by atoms with van der Waals surface area (Å²) in [7, 11) is 0. The van der Waals surface area contributed by atoms with Crippen molar-refractivity contribution in [2.24, 2.45) is 0 Å². The molecular formula is C47H83NO10. The molecule has 1 fully saturated rings. The lowest BCUT2D eigenvalue weighted by Gasteiger charge is -2.40. The van der Waals surface area contributed by atoms with Gasteiger partial charge in [0.2, 0.25) is 5.91 Å². The largest absolute Gasteiger partial charge is 0.394 e. The van der Waals surface area contributed by atoms with Gasteiger partial charge in [0.05, 0.1) is 25.4 Å². The molecule has 0 saturated carbocycles. The van der Waals surface area contributed by atoms with E-state index in [1.165, 1.54) is 77.0 Å². The van der Waals surface area contributed by atoms with E-state index in [9.17, 15) is 40.5 Å². The number of carbonyl (C=O) groups excluding carboxylic acids is 1. The minimum Gasteiger partial charge on any atom is -0.394 e. The average Bonchev–Trinajstić information content (AvgIpc) is 3.22. The third-order valence-corrected chi connectivity index (χ3v) is 10.5. The van der Waals surface area contributed by atoms with E-state index >= 15 is 0 Å². The van der Waals surface area contributed by atoms with Crippen molar-refractivity contribution in [1.82, 2.24) is 5.32 Å². The van der Waals surface area contributed by atoms with Crippen LogP contribution in [0.15, 0.2) is 60.8 Å². The zero-order chi connectivity index (χ0) is 42.6. The molecule has 336 valence electrons. The number of carbonyl (C=O) groups is 1. The highest BCUT2D eigenvalue weighted by Gasteiger charge is 2.44. The number of aliphatic hydroxyl groups is 7. The van der Waals surface area contributed by atoms with Gasteiger partial charge in [-0.3, -0.25) is 4.79 Å². The van der Waals surface area contributed by atoms with E-state index in [0.29, 0.717) is 19.3 Å². The third-order valence-electron chi connectivity index (χ3n) is 10.5. The van der Waals surface area contributed by atoms with E-state index in [1.54, 1.807) is 6.08 Å². The zero-order valence-corrected chi connectivity index (χ0v) is 36.0. The summed E-state index contributed by atoms with van der Waals surface area (Å²) >= 11 is 0. The number of rotatable bonds is 36. The molecule has 9 atom stereocenters. The van der Waals surface area contributed by atoms with Crippen LogP contribution in [0, 0.1) is 0 Å². The summed E-state index contributed by atoms with van der Waals surface area (Å²) in [6, 6.07) is -1.23. The molecule has 1 aliphatic rings. The van der Waals surface area contributed by atoms with Crippen LogP contribution in [-0.2, 0) is 14.3 Å². The summed E-state index contributed by atoms with van der Waals surface area (Å²) < 4.78 is 11.0. The highest BCUT2D eigenvalue weighted by Crippen LogP contribution is 2.23. The Kier molecular flexibility index (Phi) is 34.0. The van der Waals surface area contributed by atoms with Crippen molar-refractivity contribution in [2.45, 2.75) is 217 Å². The number of ether oxygens (including phenoxy) is 2. The predicted octanol–water partition coefficient (Wildman–Crippen LogP) is 7.16. The SMILES string of the molecule is CCCCCCCC/C=C\C/C=C\CC(O)C(=O)NC(COC1OC(CO)C(O)C(O)C1O)C(O)C(O)CCC/C=C/CC/C=C/CC/C=C/CCCCCCCC. The fourth-order valence-electron chi connectivity index (χ4n) is 6.69. The van der Waals surface area contributed by atoms with E-state index in [-0.39, 0.29) is 12.8 Å². The molecule has 0 aromatic rings. The minimum atomic E-state index is -1.68. The van der Waals surface area contributed by atoms with Gasteiger partial charge in [-0.05, 0) is 77.0 Å². The maximum Gasteiger partial charge on any atom is 0.249 e. The molecule has 0 aromatic heterocycles. The van der Waals surface area contributed by atoms with Crippen molar-refractivity contribution in [3.05, 3.63) is 60.8 Å². The van der Waals surface area contributed by atoms with Gasteiger partial charge in [-0.1, -0.05) is 139 Å². The Labute approximate surface area is 351 Å². The van der Waals surface area contributed by atoms with E-state index < -0.39 is 74.2 Å². The summed E-state index contributed by atoms with van der Waals surface area (Å²) in [4.78, 5) is 13.0. The molecule has 1 heterocycles. The Bertz CT molecular complexity index is 1120. The molecule has 0 aliphatic carbocycles. The van der Waals surface area contributed by atoms with Crippen molar-refractivity contribution >= 4 is 5.91 Å². The molecule has 1 aliphatic heterocycles. The molecule has 1 saturated heterocycles. The molecule has 0 aromatic carbocycles. The molecule has 9 unspecified atom stereocenters. The lowest BCUT2D eigenvalue weighted by molar-refractivity contribution is -0.303. The lowest BCUT2D eigenvalue weighted by Crippen LogP contribution is -2.60. The average molecular weight is 822 g/mol. The number of allylic oxidation sites excluding steroid dienone is 9. The molecule has 1 amide bonds. The Morgan fingerprint density at radius 3 is 1.66 bits per heavy atom. The summed E-state index contributed by atoms with van der Waals surface area (Å²) in [6.07, 6.45) is 32.9. The van der Waals surface area contributed by atoms with Gasteiger partial charge in [0.15, 0.2) is 6.29 Å². The first-order valence-corrected chi connectivity index (χ1v) is 22.7. The van der Waals surface area contributed by atoms with Crippen LogP contribution in [0.5, 0.6) is 0 Å². The van der Waals surface area contributed by atoms with Crippen LogP contribution in [0.1, 0.15) is 162 Å². The van der Waals surface area contributed by atoms with E-state index in [4.69, 9.17) is 9.47 Å². The summed E-state index contributed by atoms with van der Waals surface area (Å²) in [6.45, 7) is 3.33. The Hall–Kier alpha value is -2.19. The molecule has 11 heteroatoms. The molecule has 1 rings (SSSR count). The summed E-state index contributed by atoms with van der Waals surface area (Å²) in [5, 5.41) is 75.4. The Morgan fingerprint density at radius 2 is 1.10 bits per heavy atom. The van der Waals surface area contributed by atoms with Gasteiger partial charge in [-0.15, -0.1) is 0 Å². The number of amides is 1. The Balaban J connectivity index is 2.55. The van der Waals surface area contributed by atoms with Crippen molar-refractivity contribution in [3.63, 3.8) is 0 Å². The fraction of sp³-hybridized carbons (Fsp3) is 0.766. The molecule has 11 nitrogen and oxygen atoms in total. The maximum absolute atomic E-state index is 13.0. The van der Waals surface area contributed by atoms with E-state index in [1.807, 2.05) is 6.08 Å². The topological polar surface area (TPSA) is 189 Å². The number of hydrogen-bond donors (Lipinski definition) is 8. The second-order valence-corrected chi connectivity index (χ2v) is 15.7. The lowest BCUT2D eigenvalue weighted by atomic mass is 9.99. The van der Waals surface area contributed by atoms with Crippen LogP contribution >= 0.6 is 0 Å². The van der Waals surface area contributed by atoms with Crippen molar-refractivity contribution < 1.29 is 50.0 Å². The van der Waals surface area contributed by atoms with Crippen LogP contribution in [0.25, 0.3) is 0 Å². The summed E-state index contributed by atoms with van der Waals surface area (Å²) in [5.41, 5.74) is 0. The first-order chi connectivity index (χ1) is 28.2. The first kappa shape index (κ1) is 53.8. The van der Waals surface area contributed by atoms with Gasteiger partial charge in [-0.25, -0.2) is 0 Å². The quantitative estimate of drug-likeness (QED) is 0.0238. The first-order valence-electron chi connectivity index (χ1n) is 22.7. The van der Waals surface area contributed by atoms with Crippen LogP contribution < -0.4 is 5.32 Å². The third kappa shape index (κ3) is 26.1. The molecule has 0 bridgehead atoms. The van der Waals surface area contributed by atoms with E-state index in [0.717, 1.165) is 38.5 Å². The maximum atomic E-state index is 13.0. The number of aliphatic hydroxyl groups excluding tert-OH is 7. The van der Waals surface area contributed by atoms with Crippen LogP contribution in [-0.4, -0.2) is 110 Å². The van der Waals surface area contributed by atoms with Crippen LogP contribution in [0.3, 0.4) is 0 Å². The van der Waals surface area contributed by atoms with Gasteiger partial charge in [0, 0.05) is 6.42 Å². The molecular weight excluding hydrogens is 739 g/mol. The second-order valence-electron chi connectivity index (χ2n) is 15.7. The van der Waals surface area contributed by atoms with Gasteiger partial charge < -0.3 is 50.5 Å². The minimum absolute atomic E-state index is 0.0366. The molecule has 8 N–H and O–H groups in total. The highest BCUT2D eigenvalue weighted by atomic mass is 16.7. The van der Waals surface area contributed by atoms with Crippen molar-refractivity contribution in [1.29, 1.82) is 0 Å². The molecule has 0 spiro atoms. The van der Waals surface area contributed by atoms with Crippen molar-refractivity contribution in [3.8, 4) is 0 Å². The van der Waals surface area contributed by atoms with Gasteiger partial charge in [-0.2, -0.15) is 0 Å². The Morgan fingerprint density at radius 1 is 0.621 bits per heavy atom. The second kappa shape index (κ2) is 36.6. The summed E-state index contributed by atoms with van der Waals surface area (Å²) in [5.74, 6) is -0.783. The van der Waals surface area contributed by atoms with Gasteiger partial charge in [0.1, 0.15) is 36.6 Å². The number of unbranched alkanes of at least 4 members (excludes halogenated alkanes) is 15. The molecule has 58 heavy (non-hydrogen) atoms. The predicted molar refractivity (Wildman–Crippen MR) is 233 cm³/mol. The highest BCUT2D eigenvalue weighted by molar-refractivity contribution is 5.81. The van der Waals surface area contributed by atoms with Gasteiger partial charge in [0.25, 0.3) is 0 Å². The van der Waals surface area contributed by atoms with Crippen LogP contribution in [0.2, 0.25) is 0 Å². The monoisotopic (exact) mass is 822 g/mol. The standard InChI is InChI=1S/C47H83NO10/c1-3-5-7-9-11-13-15-17-18-19-20-21-22-23-25-26-28-30-32-34-39(50)42(52)38(37-57-47-45(55)44(54)43(53)41(36-49)58-47)48-46(56)40(51)35-33-31-29-27-24-16-14-12-10-8-6-4-2/h17-18,21-22,24,26-28,31,33,38-45,47,49-55H,3-16,19-20,23,25,29-30,32,34-37H2,1-2H3,(H,48,56)/b18-17+,22-21+,27-24-,28-26+,33-31-. The molecule has 0 radical (unpaired) electrons. The van der Waals surface area contributed by atoms with E-state index in [2.05, 4.69) is 67.8 Å². The van der Waals surface area contributed by atoms with Crippen molar-refractivity contribution in [2.75, 3.05) is 13.2 Å². The fourth-order valence-corrected chi connectivity index (χ4v) is 6.69. The zero-order valence-electron chi connectivity index (χ0n) is 36.0. The normalized spacial score (nSPS) is 22.5.